The van der Waals surface area contributed by atoms with E-state index in [0.717, 1.165) is 5.56 Å². The second-order valence-corrected chi connectivity index (χ2v) is 5.50. The van der Waals surface area contributed by atoms with Crippen LogP contribution in [0.2, 0.25) is 0 Å². The summed E-state index contributed by atoms with van der Waals surface area (Å²) in [6, 6.07) is 7.45. The molecule has 128 valence electrons. The molecule has 0 saturated carbocycles. The van der Waals surface area contributed by atoms with Gasteiger partial charge in [-0.15, -0.1) is 0 Å². The summed E-state index contributed by atoms with van der Waals surface area (Å²) in [5, 5.41) is 15.1. The molecule has 0 bridgehead atoms. The quantitative estimate of drug-likeness (QED) is 0.596. The molecular formula is C16H20N4O4. The zero-order valence-electron chi connectivity index (χ0n) is 14.1. The lowest BCUT2D eigenvalue weighted by atomic mass is 10.2. The summed E-state index contributed by atoms with van der Waals surface area (Å²) >= 11 is 0. The molecule has 0 aliphatic rings. The third-order valence-corrected chi connectivity index (χ3v) is 3.84. The minimum absolute atomic E-state index is 0.0461. The summed E-state index contributed by atoms with van der Waals surface area (Å²) in [4.78, 5) is 24.5. The van der Waals surface area contributed by atoms with Gasteiger partial charge in [0.05, 0.1) is 12.0 Å². The number of methoxy groups -OCH3 is 1. The minimum atomic E-state index is -0.475. The fourth-order valence-electron chi connectivity index (χ4n) is 2.53. The van der Waals surface area contributed by atoms with E-state index in [0.29, 0.717) is 23.7 Å². The van der Waals surface area contributed by atoms with Gasteiger partial charge < -0.3 is 9.64 Å². The van der Waals surface area contributed by atoms with Crippen molar-refractivity contribution in [3.05, 3.63) is 51.3 Å². The van der Waals surface area contributed by atoms with Gasteiger partial charge >= 0.3 is 5.69 Å². The number of ether oxygens (including phenoxy) is 1. The van der Waals surface area contributed by atoms with E-state index in [1.54, 1.807) is 32.9 Å². The maximum atomic E-state index is 12.4. The molecular weight excluding hydrogens is 312 g/mol. The van der Waals surface area contributed by atoms with Crippen LogP contribution in [0.15, 0.2) is 24.3 Å². The summed E-state index contributed by atoms with van der Waals surface area (Å²) in [5.74, 6) is 0.514. The lowest BCUT2D eigenvalue weighted by molar-refractivity contribution is -0.386. The molecule has 0 spiro atoms. The zero-order valence-corrected chi connectivity index (χ0v) is 14.1. The van der Waals surface area contributed by atoms with Crippen molar-refractivity contribution in [3.63, 3.8) is 0 Å². The second-order valence-electron chi connectivity index (χ2n) is 5.50. The smallest absolute Gasteiger partial charge is 0.312 e. The van der Waals surface area contributed by atoms with Crippen molar-refractivity contribution in [3.8, 4) is 5.75 Å². The highest BCUT2D eigenvalue weighted by molar-refractivity contribution is 5.76. The Morgan fingerprint density at radius 2 is 2.04 bits per heavy atom. The number of para-hydroxylation sites is 1. The van der Waals surface area contributed by atoms with E-state index in [2.05, 4.69) is 5.10 Å². The van der Waals surface area contributed by atoms with Crippen LogP contribution >= 0.6 is 0 Å². The molecule has 0 unspecified atom stereocenters. The van der Waals surface area contributed by atoms with Crippen molar-refractivity contribution in [1.29, 1.82) is 0 Å². The Morgan fingerprint density at radius 3 is 2.62 bits per heavy atom. The first-order valence-electron chi connectivity index (χ1n) is 7.39. The molecule has 1 heterocycles. The lowest BCUT2D eigenvalue weighted by Gasteiger charge is -2.19. The van der Waals surface area contributed by atoms with E-state index in [1.807, 2.05) is 24.3 Å². The number of amides is 1. The van der Waals surface area contributed by atoms with Gasteiger partial charge in [-0.2, -0.15) is 5.10 Å². The molecule has 0 aliphatic carbocycles. The number of nitrogens with zero attached hydrogens (tertiary/aromatic N) is 4. The number of nitro groups is 1. The number of hydrogen-bond acceptors (Lipinski definition) is 5. The molecule has 0 radical (unpaired) electrons. The van der Waals surface area contributed by atoms with E-state index in [9.17, 15) is 14.9 Å². The highest BCUT2D eigenvalue weighted by atomic mass is 16.6. The fraction of sp³-hybridized carbons (Fsp3) is 0.375. The molecule has 0 atom stereocenters. The number of aromatic nitrogens is 2. The van der Waals surface area contributed by atoms with Gasteiger partial charge in [-0.25, -0.2) is 0 Å². The maximum absolute atomic E-state index is 12.4. The molecule has 2 rings (SSSR count). The average Bonchev–Trinajstić information content (AvgIpc) is 2.81. The molecule has 1 aromatic heterocycles. The summed E-state index contributed by atoms with van der Waals surface area (Å²) in [5.41, 5.74) is 1.51. The molecule has 0 aliphatic heterocycles. The summed E-state index contributed by atoms with van der Waals surface area (Å²) < 4.78 is 6.65. The van der Waals surface area contributed by atoms with Gasteiger partial charge in [0.2, 0.25) is 5.91 Å². The number of carbonyl (C=O) groups is 1. The molecule has 8 nitrogen and oxygen atoms in total. The average molecular weight is 332 g/mol. The topological polar surface area (TPSA) is 90.5 Å². The van der Waals surface area contributed by atoms with E-state index >= 15 is 0 Å². The second kappa shape index (κ2) is 7.12. The van der Waals surface area contributed by atoms with Gasteiger partial charge in [0.15, 0.2) is 0 Å². The van der Waals surface area contributed by atoms with Gasteiger partial charge in [0, 0.05) is 19.2 Å². The number of aryl methyl sites for hydroxylation is 1. The Kier molecular flexibility index (Phi) is 5.18. The summed E-state index contributed by atoms with van der Waals surface area (Å²) in [7, 11) is 3.25. The van der Waals surface area contributed by atoms with Crippen molar-refractivity contribution < 1.29 is 14.5 Å². The van der Waals surface area contributed by atoms with Crippen LogP contribution in [0.3, 0.4) is 0 Å². The third kappa shape index (κ3) is 3.53. The highest BCUT2D eigenvalue weighted by Gasteiger charge is 2.23. The highest BCUT2D eigenvalue weighted by Crippen LogP contribution is 2.22. The first kappa shape index (κ1) is 17.5. The standard InChI is InChI=1S/C16H20N4O4/c1-11-16(20(22)23)12(2)19(17-11)10-15(21)18(3)9-13-7-5-6-8-14(13)24-4/h5-8H,9-10H2,1-4H3. The van der Waals surface area contributed by atoms with Crippen LogP contribution in [0.1, 0.15) is 17.0 Å². The van der Waals surface area contributed by atoms with Crippen molar-refractivity contribution in [2.45, 2.75) is 26.9 Å². The Hall–Kier alpha value is -2.90. The van der Waals surface area contributed by atoms with Crippen molar-refractivity contribution in [1.82, 2.24) is 14.7 Å². The largest absolute Gasteiger partial charge is 0.496 e. The summed E-state index contributed by atoms with van der Waals surface area (Å²) in [6.45, 7) is 3.48. The van der Waals surface area contributed by atoms with Crippen LogP contribution in [-0.4, -0.2) is 39.7 Å². The summed E-state index contributed by atoms with van der Waals surface area (Å²) in [6.07, 6.45) is 0. The van der Waals surface area contributed by atoms with E-state index in [1.165, 1.54) is 4.68 Å². The number of likely N-dealkylation sites (N-methyl/N-ethyl adjacent to an activating group) is 1. The first-order valence-corrected chi connectivity index (χ1v) is 7.39. The van der Waals surface area contributed by atoms with Gasteiger partial charge in [-0.1, -0.05) is 18.2 Å². The van der Waals surface area contributed by atoms with Gasteiger partial charge in [-0.3, -0.25) is 19.6 Å². The Balaban J connectivity index is 2.12. The minimum Gasteiger partial charge on any atom is -0.496 e. The molecule has 8 heteroatoms. The van der Waals surface area contributed by atoms with Crippen LogP contribution in [0, 0.1) is 24.0 Å². The SMILES string of the molecule is COc1ccccc1CN(C)C(=O)Cn1nc(C)c([N+](=O)[O-])c1C. The Bertz CT molecular complexity index is 769. The fourth-order valence-corrected chi connectivity index (χ4v) is 2.53. The lowest BCUT2D eigenvalue weighted by Crippen LogP contribution is -2.30. The van der Waals surface area contributed by atoms with E-state index in [-0.39, 0.29) is 18.1 Å². The van der Waals surface area contributed by atoms with E-state index < -0.39 is 4.92 Å². The zero-order chi connectivity index (χ0) is 17.9. The van der Waals surface area contributed by atoms with E-state index in [4.69, 9.17) is 4.74 Å². The molecule has 24 heavy (non-hydrogen) atoms. The maximum Gasteiger partial charge on any atom is 0.312 e. The van der Waals surface area contributed by atoms with Crippen LogP contribution in [0.5, 0.6) is 5.75 Å². The first-order chi connectivity index (χ1) is 11.3. The van der Waals surface area contributed by atoms with Crippen molar-refractivity contribution in [2.75, 3.05) is 14.2 Å². The predicted octanol–water partition coefficient (Wildman–Crippen LogP) is 2.08. The molecule has 0 saturated heterocycles. The number of carbonyl (C=O) groups excluding carboxylic acids is 1. The molecule has 1 aromatic carbocycles. The Morgan fingerprint density at radius 1 is 1.38 bits per heavy atom. The van der Waals surface area contributed by atoms with Crippen LogP contribution < -0.4 is 4.74 Å². The van der Waals surface area contributed by atoms with Gasteiger partial charge in [-0.05, 0) is 19.9 Å². The molecule has 2 aromatic rings. The van der Waals surface area contributed by atoms with Crippen molar-refractivity contribution >= 4 is 11.6 Å². The number of rotatable bonds is 6. The van der Waals surface area contributed by atoms with Gasteiger partial charge in [0.25, 0.3) is 0 Å². The third-order valence-electron chi connectivity index (χ3n) is 3.84. The molecule has 0 N–H and O–H groups in total. The van der Waals surface area contributed by atoms with Crippen LogP contribution in [-0.2, 0) is 17.9 Å². The van der Waals surface area contributed by atoms with Crippen LogP contribution in [0.25, 0.3) is 0 Å². The monoisotopic (exact) mass is 332 g/mol. The van der Waals surface area contributed by atoms with Gasteiger partial charge in [0.1, 0.15) is 23.7 Å². The number of hydrogen-bond donors (Lipinski definition) is 0. The van der Waals surface area contributed by atoms with Crippen LogP contribution in [0.4, 0.5) is 5.69 Å². The Labute approximate surface area is 139 Å². The van der Waals surface area contributed by atoms with Crippen molar-refractivity contribution in [2.24, 2.45) is 0 Å². The molecule has 0 fully saturated rings. The molecule has 1 amide bonds. The normalized spacial score (nSPS) is 10.5. The number of benzene rings is 1. The predicted molar refractivity (Wildman–Crippen MR) is 87.8 cm³/mol.